The Morgan fingerprint density at radius 3 is 2.41 bits per heavy atom. The van der Waals surface area contributed by atoms with E-state index in [9.17, 15) is 0 Å². The average Bonchev–Trinajstić information content (AvgIpc) is 2.34. The third-order valence-corrected chi connectivity index (χ3v) is 2.29. The molecule has 4 N–H and O–H groups in total. The second kappa shape index (κ2) is 4.50. The first-order chi connectivity index (χ1) is 8.19. The minimum absolute atomic E-state index is 0.496. The molecule has 2 aromatic rings. The van der Waals surface area contributed by atoms with Crippen molar-refractivity contribution in [1.29, 1.82) is 0 Å². The van der Waals surface area contributed by atoms with Crippen LogP contribution < -0.4 is 16.2 Å². The van der Waals surface area contributed by atoms with Gasteiger partial charge >= 0.3 is 0 Å². The summed E-state index contributed by atoms with van der Waals surface area (Å²) in [5.74, 6) is 3.85. The van der Waals surface area contributed by atoms with Gasteiger partial charge in [0.1, 0.15) is 11.5 Å². The van der Waals surface area contributed by atoms with Crippen molar-refractivity contribution in [2.45, 2.75) is 0 Å². The van der Waals surface area contributed by atoms with Gasteiger partial charge in [0.15, 0.2) is 0 Å². The fourth-order valence-electron chi connectivity index (χ4n) is 1.40. The maximum atomic E-state index is 5.69. The fourth-order valence-corrected chi connectivity index (χ4v) is 1.40. The van der Waals surface area contributed by atoms with Gasteiger partial charge in [-0.2, -0.15) is 0 Å². The van der Waals surface area contributed by atoms with Crippen LogP contribution in [0.4, 0.5) is 11.4 Å². The van der Waals surface area contributed by atoms with E-state index in [4.69, 9.17) is 22.6 Å². The molecule has 0 heterocycles. The van der Waals surface area contributed by atoms with Gasteiger partial charge in [-0.3, -0.25) is 0 Å². The summed E-state index contributed by atoms with van der Waals surface area (Å²) in [5.41, 5.74) is 13.1. The minimum Gasteiger partial charge on any atom is -0.457 e. The van der Waals surface area contributed by atoms with Crippen LogP contribution >= 0.6 is 0 Å². The molecule has 17 heavy (non-hydrogen) atoms. The van der Waals surface area contributed by atoms with Crippen LogP contribution in [0.25, 0.3) is 0 Å². The third-order valence-electron chi connectivity index (χ3n) is 2.29. The molecule has 0 atom stereocenters. The molecular formula is C14H12N2O. The molecule has 0 saturated heterocycles. The monoisotopic (exact) mass is 224 g/mol. The van der Waals surface area contributed by atoms with Gasteiger partial charge in [-0.05, 0) is 30.3 Å². The Morgan fingerprint density at radius 2 is 1.71 bits per heavy atom. The van der Waals surface area contributed by atoms with E-state index in [0.29, 0.717) is 22.9 Å². The lowest BCUT2D eigenvalue weighted by Gasteiger charge is -2.07. The lowest BCUT2D eigenvalue weighted by molar-refractivity contribution is 0.483. The molecule has 3 nitrogen and oxygen atoms in total. The number of nitrogen functional groups attached to an aromatic ring is 2. The number of rotatable bonds is 2. The van der Waals surface area contributed by atoms with Crippen molar-refractivity contribution in [1.82, 2.24) is 0 Å². The van der Waals surface area contributed by atoms with Crippen LogP contribution in [0, 0.1) is 12.3 Å². The summed E-state index contributed by atoms with van der Waals surface area (Å²) in [6, 6.07) is 12.4. The molecule has 0 aromatic heterocycles. The number of hydrogen-bond acceptors (Lipinski definition) is 3. The smallest absolute Gasteiger partial charge is 0.129 e. The number of benzene rings is 2. The van der Waals surface area contributed by atoms with E-state index in [-0.39, 0.29) is 0 Å². The molecule has 0 amide bonds. The summed E-state index contributed by atoms with van der Waals surface area (Å²) in [6.07, 6.45) is 5.31. The standard InChI is InChI=1S/C14H12N2O/c1-2-10-4-3-5-11(8-10)17-12-6-7-13(15)14(16)9-12/h1,3-9H,15-16H2. The highest BCUT2D eigenvalue weighted by atomic mass is 16.5. The van der Waals surface area contributed by atoms with Crippen molar-refractivity contribution in [2.24, 2.45) is 0 Å². The Balaban J connectivity index is 2.25. The Hall–Kier alpha value is -2.60. The Labute approximate surface area is 100 Å². The molecule has 0 bridgehead atoms. The number of terminal acetylenes is 1. The predicted octanol–water partition coefficient (Wildman–Crippen LogP) is 2.62. The summed E-state index contributed by atoms with van der Waals surface area (Å²) < 4.78 is 5.63. The molecular weight excluding hydrogens is 212 g/mol. The number of nitrogens with two attached hydrogens (primary N) is 2. The van der Waals surface area contributed by atoms with E-state index in [1.165, 1.54) is 0 Å². The van der Waals surface area contributed by atoms with Gasteiger partial charge in [-0.15, -0.1) is 6.42 Å². The second-order valence-corrected chi connectivity index (χ2v) is 3.56. The van der Waals surface area contributed by atoms with Crippen LogP contribution in [-0.4, -0.2) is 0 Å². The van der Waals surface area contributed by atoms with Crippen LogP contribution in [0.2, 0.25) is 0 Å². The van der Waals surface area contributed by atoms with Gasteiger partial charge in [0.2, 0.25) is 0 Å². The largest absolute Gasteiger partial charge is 0.457 e. The number of hydrogen-bond donors (Lipinski definition) is 2. The summed E-state index contributed by atoms with van der Waals surface area (Å²) in [5, 5.41) is 0. The maximum absolute atomic E-state index is 5.69. The lowest BCUT2D eigenvalue weighted by Crippen LogP contribution is -1.94. The molecule has 0 aliphatic carbocycles. The van der Waals surface area contributed by atoms with Gasteiger partial charge in [0.25, 0.3) is 0 Å². The molecule has 84 valence electrons. The van der Waals surface area contributed by atoms with Gasteiger partial charge in [0, 0.05) is 11.6 Å². The molecule has 0 aliphatic heterocycles. The number of ether oxygens (including phenoxy) is 1. The van der Waals surface area contributed by atoms with Crippen molar-refractivity contribution in [3.8, 4) is 23.8 Å². The second-order valence-electron chi connectivity index (χ2n) is 3.56. The van der Waals surface area contributed by atoms with Crippen molar-refractivity contribution >= 4 is 11.4 Å². The zero-order valence-corrected chi connectivity index (χ0v) is 9.18. The van der Waals surface area contributed by atoms with E-state index in [1.807, 2.05) is 18.2 Å². The fraction of sp³-hybridized carbons (Fsp3) is 0. The third kappa shape index (κ3) is 2.50. The van der Waals surface area contributed by atoms with E-state index in [2.05, 4.69) is 5.92 Å². The molecule has 0 spiro atoms. The topological polar surface area (TPSA) is 61.3 Å². The van der Waals surface area contributed by atoms with Crippen LogP contribution in [0.1, 0.15) is 5.56 Å². The molecule has 2 rings (SSSR count). The average molecular weight is 224 g/mol. The highest BCUT2D eigenvalue weighted by Gasteiger charge is 2.00. The van der Waals surface area contributed by atoms with Crippen LogP contribution in [-0.2, 0) is 0 Å². The SMILES string of the molecule is C#Cc1cccc(Oc2ccc(N)c(N)c2)c1. The van der Waals surface area contributed by atoms with E-state index < -0.39 is 0 Å². The van der Waals surface area contributed by atoms with Crippen molar-refractivity contribution < 1.29 is 4.74 Å². The summed E-state index contributed by atoms with van der Waals surface area (Å²) in [6.45, 7) is 0. The Kier molecular flexibility index (Phi) is 2.89. The summed E-state index contributed by atoms with van der Waals surface area (Å²) >= 11 is 0. The van der Waals surface area contributed by atoms with E-state index in [0.717, 1.165) is 5.56 Å². The molecule has 0 radical (unpaired) electrons. The quantitative estimate of drug-likeness (QED) is 0.609. The van der Waals surface area contributed by atoms with Crippen LogP contribution in [0.15, 0.2) is 42.5 Å². The summed E-state index contributed by atoms with van der Waals surface area (Å²) in [7, 11) is 0. The molecule has 0 aliphatic rings. The Bertz CT molecular complexity index is 585. The van der Waals surface area contributed by atoms with Crippen molar-refractivity contribution in [3.63, 3.8) is 0 Å². The molecule has 3 heteroatoms. The van der Waals surface area contributed by atoms with Crippen LogP contribution in [0.5, 0.6) is 11.5 Å². The number of anilines is 2. The zero-order chi connectivity index (χ0) is 12.3. The maximum Gasteiger partial charge on any atom is 0.129 e. The molecule has 2 aromatic carbocycles. The first-order valence-corrected chi connectivity index (χ1v) is 5.08. The Morgan fingerprint density at radius 1 is 0.941 bits per heavy atom. The van der Waals surface area contributed by atoms with Gasteiger partial charge in [0.05, 0.1) is 11.4 Å². The van der Waals surface area contributed by atoms with Gasteiger partial charge in [-0.25, -0.2) is 0 Å². The molecule has 0 saturated carbocycles. The van der Waals surface area contributed by atoms with E-state index in [1.54, 1.807) is 24.3 Å². The first-order valence-electron chi connectivity index (χ1n) is 5.08. The summed E-state index contributed by atoms with van der Waals surface area (Å²) in [4.78, 5) is 0. The molecule has 0 fully saturated rings. The van der Waals surface area contributed by atoms with Crippen molar-refractivity contribution in [3.05, 3.63) is 48.0 Å². The highest BCUT2D eigenvalue weighted by molar-refractivity contribution is 5.65. The zero-order valence-electron chi connectivity index (χ0n) is 9.18. The van der Waals surface area contributed by atoms with Crippen molar-refractivity contribution in [2.75, 3.05) is 11.5 Å². The lowest BCUT2D eigenvalue weighted by atomic mass is 10.2. The highest BCUT2D eigenvalue weighted by Crippen LogP contribution is 2.26. The normalized spacial score (nSPS) is 9.59. The van der Waals surface area contributed by atoms with Gasteiger partial charge in [-0.1, -0.05) is 12.0 Å². The molecule has 0 unspecified atom stereocenters. The van der Waals surface area contributed by atoms with Crippen LogP contribution in [0.3, 0.4) is 0 Å². The van der Waals surface area contributed by atoms with E-state index >= 15 is 0 Å². The first kappa shape index (κ1) is 10.9. The van der Waals surface area contributed by atoms with Gasteiger partial charge < -0.3 is 16.2 Å². The minimum atomic E-state index is 0.496. The predicted molar refractivity (Wildman–Crippen MR) is 69.7 cm³/mol.